The van der Waals surface area contributed by atoms with Crippen molar-refractivity contribution < 1.29 is 37.3 Å². The van der Waals surface area contributed by atoms with Gasteiger partial charge in [0, 0.05) is 5.92 Å². The lowest BCUT2D eigenvalue weighted by Crippen LogP contribution is -2.50. The monoisotopic (exact) mass is 588 g/mol. The van der Waals surface area contributed by atoms with Crippen molar-refractivity contribution >= 4 is 27.7 Å². The number of carbonyl (C=O) groups excluding carboxylic acids is 3. The molecular formula is C29H52N2O8S. The predicted octanol–water partition coefficient (Wildman–Crippen LogP) is 4.83. The molecule has 0 aromatic heterocycles. The molecule has 0 aliphatic carbocycles. The summed E-state index contributed by atoms with van der Waals surface area (Å²) in [5.74, 6) is -0.774. The smallest absolute Gasteiger partial charge is 0.313 e. The molecule has 0 fully saturated rings. The molecule has 0 aliphatic heterocycles. The number of sulfonamides is 1. The van der Waals surface area contributed by atoms with Gasteiger partial charge in [-0.3, -0.25) is 14.4 Å². The zero-order valence-corrected chi connectivity index (χ0v) is 26.9. The molecule has 11 heteroatoms. The van der Waals surface area contributed by atoms with Crippen LogP contribution in [0.2, 0.25) is 0 Å². The van der Waals surface area contributed by atoms with E-state index in [0.717, 1.165) is 6.42 Å². The number of para-hydroxylation sites is 1. The molecule has 0 saturated carbocycles. The first-order valence-corrected chi connectivity index (χ1v) is 15.3. The lowest BCUT2D eigenvalue weighted by molar-refractivity contribution is -0.307. The van der Waals surface area contributed by atoms with Gasteiger partial charge in [-0.25, -0.2) is 22.9 Å². The molecule has 0 heterocycles. The van der Waals surface area contributed by atoms with Crippen LogP contribution in [0.1, 0.15) is 88.0 Å². The Kier molecular flexibility index (Phi) is 20.4. The summed E-state index contributed by atoms with van der Waals surface area (Å²) in [6, 6.07) is 8.96. The van der Waals surface area contributed by atoms with E-state index in [-0.39, 0.29) is 42.8 Å². The molecule has 1 atom stereocenters. The second kappa shape index (κ2) is 20.5. The first-order chi connectivity index (χ1) is 18.5. The second-order valence-corrected chi connectivity index (χ2v) is 13.0. The Morgan fingerprint density at radius 2 is 1.50 bits per heavy atom. The number of amides is 1. The van der Waals surface area contributed by atoms with Gasteiger partial charge in [0.1, 0.15) is 10.5 Å². The summed E-state index contributed by atoms with van der Waals surface area (Å²) < 4.78 is 29.0. The average Bonchev–Trinajstić information content (AvgIpc) is 2.91. The number of ketones is 1. The number of rotatable bonds is 15. The van der Waals surface area contributed by atoms with Crippen LogP contribution in [0.5, 0.6) is 5.75 Å². The van der Waals surface area contributed by atoms with Crippen molar-refractivity contribution in [1.29, 1.82) is 0 Å². The minimum atomic E-state index is -3.72. The molecule has 1 aromatic rings. The Morgan fingerprint density at radius 1 is 0.950 bits per heavy atom. The molecule has 0 spiro atoms. The Hall–Kier alpha value is -2.34. The summed E-state index contributed by atoms with van der Waals surface area (Å²) in [6.07, 6.45) is 3.09. The number of carbonyl (C=O) groups is 3. The van der Waals surface area contributed by atoms with Crippen LogP contribution in [-0.2, 0) is 34.2 Å². The molecule has 40 heavy (non-hydrogen) atoms. The van der Waals surface area contributed by atoms with E-state index in [2.05, 4.69) is 44.7 Å². The highest BCUT2D eigenvalue weighted by molar-refractivity contribution is 7.91. The molecule has 0 aliphatic rings. The summed E-state index contributed by atoms with van der Waals surface area (Å²) in [4.78, 5) is 44.9. The maximum absolute atomic E-state index is 11.9. The number of benzene rings is 1. The van der Waals surface area contributed by atoms with Crippen LogP contribution < -0.4 is 14.8 Å². The normalized spacial score (nSPS) is 12.2. The highest BCUT2D eigenvalue weighted by Gasteiger charge is 2.40. The summed E-state index contributed by atoms with van der Waals surface area (Å²) in [5, 5.41) is 2.45. The van der Waals surface area contributed by atoms with E-state index in [1.54, 1.807) is 19.1 Å². The summed E-state index contributed by atoms with van der Waals surface area (Å²) in [5.41, 5.74) is 0.0878. The first-order valence-electron chi connectivity index (χ1n) is 13.8. The third-order valence-corrected chi connectivity index (χ3v) is 8.06. The van der Waals surface area contributed by atoms with Crippen LogP contribution in [-0.4, -0.2) is 57.6 Å². The van der Waals surface area contributed by atoms with Gasteiger partial charge in [0.2, 0.25) is 15.9 Å². The van der Waals surface area contributed by atoms with Gasteiger partial charge in [0.25, 0.3) is 0 Å². The fourth-order valence-corrected chi connectivity index (χ4v) is 3.19. The van der Waals surface area contributed by atoms with E-state index in [0.29, 0.717) is 18.8 Å². The third kappa shape index (κ3) is 16.7. The SMILES string of the molecule is CCC.CCC(C)(C)COOCCC(=O)Oc1ccccc1.CCC(C)C(=O)NCC(=O)C(C)(C)S(=O)(=O)NC. The van der Waals surface area contributed by atoms with Gasteiger partial charge in [-0.05, 0) is 51.3 Å². The fourth-order valence-electron chi connectivity index (χ4n) is 2.30. The minimum Gasteiger partial charge on any atom is -0.426 e. The van der Waals surface area contributed by atoms with Crippen LogP contribution in [0.25, 0.3) is 0 Å². The van der Waals surface area contributed by atoms with E-state index in [1.807, 2.05) is 25.1 Å². The largest absolute Gasteiger partial charge is 0.426 e. The van der Waals surface area contributed by atoms with E-state index in [4.69, 9.17) is 14.5 Å². The van der Waals surface area contributed by atoms with E-state index >= 15 is 0 Å². The van der Waals surface area contributed by atoms with Gasteiger partial charge in [-0.2, -0.15) is 0 Å². The van der Waals surface area contributed by atoms with Crippen molar-refractivity contribution in [2.75, 3.05) is 26.8 Å². The Bertz CT molecular complexity index is 964. The average molecular weight is 589 g/mol. The van der Waals surface area contributed by atoms with Gasteiger partial charge in [-0.15, -0.1) is 0 Å². The number of Topliss-reactive ketones (excluding diaryl/α,β-unsaturated/α-hetero) is 1. The van der Waals surface area contributed by atoms with Gasteiger partial charge in [0.15, 0.2) is 5.78 Å². The minimum absolute atomic E-state index is 0.0878. The Morgan fingerprint density at radius 3 is 1.98 bits per heavy atom. The zero-order valence-electron chi connectivity index (χ0n) is 26.1. The molecule has 2 N–H and O–H groups in total. The van der Waals surface area contributed by atoms with E-state index in [1.165, 1.54) is 27.3 Å². The number of hydrogen-bond acceptors (Lipinski definition) is 8. The summed E-state index contributed by atoms with van der Waals surface area (Å²) in [6.45, 7) is 17.2. The molecule has 1 unspecified atom stereocenters. The second-order valence-electron chi connectivity index (χ2n) is 10.5. The van der Waals surface area contributed by atoms with Gasteiger partial charge < -0.3 is 10.1 Å². The molecule has 1 amide bonds. The van der Waals surface area contributed by atoms with Crippen molar-refractivity contribution in [3.8, 4) is 5.75 Å². The van der Waals surface area contributed by atoms with Crippen molar-refractivity contribution in [3.63, 3.8) is 0 Å². The molecule has 0 saturated heterocycles. The van der Waals surface area contributed by atoms with Crippen LogP contribution >= 0.6 is 0 Å². The first kappa shape index (κ1) is 39.8. The number of nitrogens with one attached hydrogen (secondary N) is 2. The maximum atomic E-state index is 11.9. The van der Waals surface area contributed by atoms with Gasteiger partial charge in [-0.1, -0.05) is 73.1 Å². The quantitative estimate of drug-likeness (QED) is 0.0977. The molecule has 232 valence electrons. The summed E-state index contributed by atoms with van der Waals surface area (Å²) in [7, 11) is -2.47. The number of hydrogen-bond donors (Lipinski definition) is 2. The number of ether oxygens (including phenoxy) is 1. The zero-order chi connectivity index (χ0) is 31.4. The van der Waals surface area contributed by atoms with Crippen LogP contribution in [0.4, 0.5) is 0 Å². The van der Waals surface area contributed by atoms with E-state index < -0.39 is 20.6 Å². The molecule has 0 bridgehead atoms. The third-order valence-electron chi connectivity index (χ3n) is 5.95. The lowest BCUT2D eigenvalue weighted by atomic mass is 9.92. The highest BCUT2D eigenvalue weighted by atomic mass is 32.2. The predicted molar refractivity (Wildman–Crippen MR) is 158 cm³/mol. The van der Waals surface area contributed by atoms with Gasteiger partial charge >= 0.3 is 5.97 Å². The van der Waals surface area contributed by atoms with Crippen molar-refractivity contribution in [2.45, 2.75) is 92.7 Å². The fraction of sp³-hybridized carbons (Fsp3) is 0.690. The Labute approximate surface area is 241 Å². The van der Waals surface area contributed by atoms with Gasteiger partial charge in [0.05, 0.1) is 26.2 Å². The van der Waals surface area contributed by atoms with Crippen LogP contribution in [0.3, 0.4) is 0 Å². The molecular weight excluding hydrogens is 536 g/mol. The standard InChI is InChI=1S/C15H22O4.C11H22N2O4S.C3H8/c1-4-15(2,3)12-18-17-11-10-14(16)19-13-8-6-5-7-9-13;1-6-8(2)10(15)13-7-9(14)11(3,4)18(16,17)12-5;1-3-2/h5-9H,4,10-12H2,1-3H3;8,12H,6-7H2,1-5H3,(H,13,15);3H2,1-2H3. The van der Waals surface area contributed by atoms with Crippen molar-refractivity contribution in [3.05, 3.63) is 30.3 Å². The Balaban J connectivity index is 0. The van der Waals surface area contributed by atoms with Crippen LogP contribution in [0.15, 0.2) is 30.3 Å². The molecule has 10 nitrogen and oxygen atoms in total. The van der Waals surface area contributed by atoms with E-state index in [9.17, 15) is 22.8 Å². The molecule has 0 radical (unpaired) electrons. The highest BCUT2D eigenvalue weighted by Crippen LogP contribution is 2.19. The molecule has 1 rings (SSSR count). The number of esters is 1. The van der Waals surface area contributed by atoms with Crippen LogP contribution in [0, 0.1) is 11.3 Å². The maximum Gasteiger partial charge on any atom is 0.313 e. The lowest BCUT2D eigenvalue weighted by Gasteiger charge is -2.23. The summed E-state index contributed by atoms with van der Waals surface area (Å²) >= 11 is 0. The van der Waals surface area contributed by atoms with Crippen molar-refractivity contribution in [1.82, 2.24) is 10.0 Å². The topological polar surface area (TPSA) is 137 Å². The molecule has 1 aromatic carbocycles. The van der Waals surface area contributed by atoms with Crippen molar-refractivity contribution in [2.24, 2.45) is 11.3 Å².